The molecule has 0 spiro atoms. The predicted octanol–water partition coefficient (Wildman–Crippen LogP) is 2.33. The first-order chi connectivity index (χ1) is 11.7. The van der Waals surface area contributed by atoms with Crippen molar-refractivity contribution in [2.45, 2.75) is 31.7 Å². The minimum atomic E-state index is -0.357. The predicted molar refractivity (Wildman–Crippen MR) is 94.2 cm³/mol. The molecule has 0 radical (unpaired) electrons. The molecule has 1 aliphatic rings. The number of carbonyl (C=O) groups excluding carboxylic acids is 2. The molecule has 24 heavy (non-hydrogen) atoms. The molecule has 1 fully saturated rings. The maximum absolute atomic E-state index is 12.0. The van der Waals surface area contributed by atoms with Crippen LogP contribution in [0.2, 0.25) is 0 Å². The number of anilines is 1. The summed E-state index contributed by atoms with van der Waals surface area (Å²) in [5.74, 6) is -0.457. The fourth-order valence-corrected chi connectivity index (χ4v) is 3.88. The Hall–Kier alpha value is -2.15. The zero-order chi connectivity index (χ0) is 16.9. The smallest absolute Gasteiger partial charge is 0.306 e. The van der Waals surface area contributed by atoms with E-state index in [4.69, 9.17) is 4.98 Å². The number of benzene rings is 1. The average molecular weight is 347 g/mol. The lowest BCUT2D eigenvalue weighted by atomic mass is 10.1. The highest BCUT2D eigenvalue weighted by molar-refractivity contribution is 7.22. The Morgan fingerprint density at radius 1 is 1.38 bits per heavy atom. The summed E-state index contributed by atoms with van der Waals surface area (Å²) in [5, 5.41) is 4.02. The van der Waals surface area contributed by atoms with Gasteiger partial charge in [0.05, 0.1) is 23.7 Å². The lowest BCUT2D eigenvalue weighted by Gasteiger charge is -2.32. The van der Waals surface area contributed by atoms with Crippen LogP contribution in [-0.4, -0.2) is 43.1 Å². The van der Waals surface area contributed by atoms with Crippen molar-refractivity contribution in [1.29, 1.82) is 0 Å². The van der Waals surface area contributed by atoms with Crippen LogP contribution < -0.4 is 10.2 Å². The number of rotatable bonds is 5. The third-order valence-electron chi connectivity index (χ3n) is 4.12. The summed E-state index contributed by atoms with van der Waals surface area (Å²) in [5.41, 5.74) is 1.02. The first-order valence-electron chi connectivity index (χ1n) is 8.12. The molecule has 0 saturated carbocycles. The summed E-state index contributed by atoms with van der Waals surface area (Å²) in [6.45, 7) is 1.71. The van der Waals surface area contributed by atoms with Crippen molar-refractivity contribution >= 4 is 38.6 Å². The molecule has 0 aliphatic carbocycles. The summed E-state index contributed by atoms with van der Waals surface area (Å²) in [7, 11) is 1.33. The third kappa shape index (κ3) is 4.03. The second kappa shape index (κ2) is 7.61. The van der Waals surface area contributed by atoms with Gasteiger partial charge in [0.2, 0.25) is 5.91 Å². The Balaban J connectivity index is 1.58. The first-order valence-corrected chi connectivity index (χ1v) is 8.94. The molecule has 3 rings (SSSR count). The fraction of sp³-hybridized carbons (Fsp3) is 0.471. The van der Waals surface area contributed by atoms with Gasteiger partial charge in [0.25, 0.3) is 0 Å². The van der Waals surface area contributed by atoms with Crippen LogP contribution in [-0.2, 0) is 14.3 Å². The van der Waals surface area contributed by atoms with E-state index in [2.05, 4.69) is 21.0 Å². The van der Waals surface area contributed by atoms with Gasteiger partial charge in [0.15, 0.2) is 5.13 Å². The number of piperidine rings is 1. The van der Waals surface area contributed by atoms with E-state index in [9.17, 15) is 9.59 Å². The van der Waals surface area contributed by atoms with E-state index in [-0.39, 0.29) is 30.8 Å². The SMILES string of the molecule is COC(=O)CCC(=O)NC1CCCN(c2nc3ccccc3s2)C1. The van der Waals surface area contributed by atoms with Crippen molar-refractivity contribution in [3.63, 3.8) is 0 Å². The number of amides is 1. The minimum Gasteiger partial charge on any atom is -0.469 e. The normalized spacial score (nSPS) is 17.7. The molecule has 7 heteroatoms. The van der Waals surface area contributed by atoms with Gasteiger partial charge < -0.3 is 15.0 Å². The molecule has 2 heterocycles. The minimum absolute atomic E-state index is 0.0934. The highest BCUT2D eigenvalue weighted by atomic mass is 32.1. The zero-order valence-corrected chi connectivity index (χ0v) is 14.5. The highest BCUT2D eigenvalue weighted by Gasteiger charge is 2.23. The maximum atomic E-state index is 12.0. The Kier molecular flexibility index (Phi) is 5.30. The van der Waals surface area contributed by atoms with Crippen molar-refractivity contribution in [2.24, 2.45) is 0 Å². The molecule has 1 unspecified atom stereocenters. The van der Waals surface area contributed by atoms with Crippen LogP contribution in [0.4, 0.5) is 5.13 Å². The molecule has 1 aliphatic heterocycles. The number of fused-ring (bicyclic) bond motifs is 1. The summed E-state index contributed by atoms with van der Waals surface area (Å²) < 4.78 is 5.74. The highest BCUT2D eigenvalue weighted by Crippen LogP contribution is 2.30. The van der Waals surface area contributed by atoms with Crippen LogP contribution in [0.5, 0.6) is 0 Å². The quantitative estimate of drug-likeness (QED) is 0.841. The number of nitrogens with one attached hydrogen (secondary N) is 1. The Morgan fingerprint density at radius 2 is 2.21 bits per heavy atom. The zero-order valence-electron chi connectivity index (χ0n) is 13.7. The largest absolute Gasteiger partial charge is 0.469 e. The molecule has 1 atom stereocenters. The van der Waals surface area contributed by atoms with Gasteiger partial charge >= 0.3 is 5.97 Å². The third-order valence-corrected chi connectivity index (χ3v) is 5.22. The Labute approximate surface area is 144 Å². The van der Waals surface area contributed by atoms with Gasteiger partial charge in [-0.25, -0.2) is 4.98 Å². The van der Waals surface area contributed by atoms with Crippen molar-refractivity contribution < 1.29 is 14.3 Å². The molecule has 0 bridgehead atoms. The fourth-order valence-electron chi connectivity index (χ4n) is 2.88. The summed E-state index contributed by atoms with van der Waals surface area (Å²) in [6.07, 6.45) is 2.25. The Bertz CT molecular complexity index is 698. The number of aromatic nitrogens is 1. The number of esters is 1. The molecule has 1 amide bonds. The molecule has 128 valence electrons. The average Bonchev–Trinajstić information content (AvgIpc) is 3.04. The number of nitrogens with zero attached hydrogens (tertiary/aromatic N) is 2. The van der Waals surface area contributed by atoms with Crippen molar-refractivity contribution in [3.05, 3.63) is 24.3 Å². The number of thiazole rings is 1. The van der Waals surface area contributed by atoms with E-state index >= 15 is 0 Å². The van der Waals surface area contributed by atoms with Crippen LogP contribution in [0.3, 0.4) is 0 Å². The monoisotopic (exact) mass is 347 g/mol. The maximum Gasteiger partial charge on any atom is 0.306 e. The molecule has 1 aromatic carbocycles. The summed E-state index contributed by atoms with van der Waals surface area (Å²) in [4.78, 5) is 30.0. The second-order valence-electron chi connectivity index (χ2n) is 5.89. The van der Waals surface area contributed by atoms with Crippen LogP contribution >= 0.6 is 11.3 Å². The van der Waals surface area contributed by atoms with Gasteiger partial charge in [-0.15, -0.1) is 0 Å². The van der Waals surface area contributed by atoms with Gasteiger partial charge in [-0.2, -0.15) is 0 Å². The van der Waals surface area contributed by atoms with Crippen LogP contribution in [0.15, 0.2) is 24.3 Å². The number of para-hydroxylation sites is 1. The molecular formula is C17H21N3O3S. The summed E-state index contributed by atoms with van der Waals surface area (Å²) >= 11 is 1.68. The standard InChI is InChI=1S/C17H21N3O3S/c1-23-16(22)9-8-15(21)18-12-5-4-10-20(11-12)17-19-13-6-2-3-7-14(13)24-17/h2-3,6-7,12H,4-5,8-11H2,1H3,(H,18,21). The lowest BCUT2D eigenvalue weighted by Crippen LogP contribution is -2.47. The van der Waals surface area contributed by atoms with E-state index in [0.29, 0.717) is 0 Å². The Morgan fingerprint density at radius 3 is 3.00 bits per heavy atom. The van der Waals surface area contributed by atoms with Gasteiger partial charge in [-0.3, -0.25) is 9.59 Å². The van der Waals surface area contributed by atoms with Crippen LogP contribution in [0.1, 0.15) is 25.7 Å². The lowest BCUT2D eigenvalue weighted by molar-refractivity contribution is -0.142. The van der Waals surface area contributed by atoms with Gasteiger partial charge in [-0.1, -0.05) is 23.5 Å². The summed E-state index contributed by atoms with van der Waals surface area (Å²) in [6, 6.07) is 8.20. The number of ether oxygens (including phenoxy) is 1. The number of hydrogen-bond acceptors (Lipinski definition) is 6. The molecular weight excluding hydrogens is 326 g/mol. The van der Waals surface area contributed by atoms with Crippen molar-refractivity contribution in [1.82, 2.24) is 10.3 Å². The first kappa shape index (κ1) is 16.7. The second-order valence-corrected chi connectivity index (χ2v) is 6.90. The number of carbonyl (C=O) groups is 2. The number of methoxy groups -OCH3 is 1. The van der Waals surface area contributed by atoms with Crippen LogP contribution in [0, 0.1) is 0 Å². The van der Waals surface area contributed by atoms with E-state index in [1.165, 1.54) is 11.8 Å². The topological polar surface area (TPSA) is 71.5 Å². The van der Waals surface area contributed by atoms with E-state index in [0.717, 1.165) is 36.6 Å². The van der Waals surface area contributed by atoms with Crippen molar-refractivity contribution in [2.75, 3.05) is 25.1 Å². The molecule has 6 nitrogen and oxygen atoms in total. The van der Waals surface area contributed by atoms with Crippen molar-refractivity contribution in [3.8, 4) is 0 Å². The van der Waals surface area contributed by atoms with E-state index in [1.807, 2.05) is 18.2 Å². The van der Waals surface area contributed by atoms with Gasteiger partial charge in [0.1, 0.15) is 0 Å². The van der Waals surface area contributed by atoms with Gasteiger partial charge in [-0.05, 0) is 25.0 Å². The van der Waals surface area contributed by atoms with E-state index in [1.54, 1.807) is 11.3 Å². The van der Waals surface area contributed by atoms with E-state index < -0.39 is 0 Å². The van der Waals surface area contributed by atoms with Crippen LogP contribution in [0.25, 0.3) is 10.2 Å². The molecule has 1 saturated heterocycles. The van der Waals surface area contributed by atoms with Gasteiger partial charge in [0, 0.05) is 25.6 Å². The molecule has 1 aromatic heterocycles. The molecule has 1 N–H and O–H groups in total. The number of hydrogen-bond donors (Lipinski definition) is 1. The molecule has 2 aromatic rings.